The van der Waals surface area contributed by atoms with E-state index in [4.69, 9.17) is 0 Å². The maximum Gasteiger partial charge on any atom is 1.00 e. The van der Waals surface area contributed by atoms with E-state index in [1.165, 1.54) is 0 Å². The largest absolute Gasteiger partial charge is 1.00 e. The molecule has 0 unspecified atom stereocenters. The third-order valence-corrected chi connectivity index (χ3v) is 0. The van der Waals surface area contributed by atoms with Crippen molar-refractivity contribution in [2.45, 2.75) is 0 Å². The first-order valence-electron chi connectivity index (χ1n) is 1.000. The molecule has 0 saturated carbocycles. The first kappa shape index (κ1) is 17.9. The van der Waals surface area contributed by atoms with Gasteiger partial charge in [-0.1, -0.05) is 0 Å². The molecule has 26 valence electrons. The van der Waals surface area contributed by atoms with Gasteiger partial charge in [0, 0.05) is 0 Å². The Morgan fingerprint density at radius 3 is 0.800 bits per heavy atom. The summed E-state index contributed by atoms with van der Waals surface area (Å²) in [5.74, 6) is 0. The third kappa shape index (κ3) is 120. The van der Waals surface area contributed by atoms with Crippen LogP contribution in [0, 0.1) is 0 Å². The summed E-state index contributed by atoms with van der Waals surface area (Å²) in [5.41, 5.74) is 0. The molecule has 0 aromatic carbocycles. The van der Waals surface area contributed by atoms with Crippen LogP contribution in [0.4, 0.5) is 0 Å². The molecule has 0 amide bonds. The van der Waals surface area contributed by atoms with Crippen LogP contribution >= 0.6 is 0 Å². The molecular formula is C4H9Na. The number of hydrogen-bond donors (Lipinski definition) is 0. The van der Waals surface area contributed by atoms with Gasteiger partial charge in [0.05, 0.1) is 0 Å². The molecule has 0 aliphatic heterocycles. The summed E-state index contributed by atoms with van der Waals surface area (Å²) < 4.78 is 0. The summed E-state index contributed by atoms with van der Waals surface area (Å²) >= 11 is 0. The van der Waals surface area contributed by atoms with E-state index in [9.17, 15) is 0 Å². The van der Waals surface area contributed by atoms with Gasteiger partial charge in [-0.25, -0.2) is 0 Å². The molecule has 0 aliphatic carbocycles. The Kier molecular flexibility index (Phi) is 842. The normalized spacial score (nSPS) is 1.60. The molecule has 0 aromatic rings. The summed E-state index contributed by atoms with van der Waals surface area (Å²) in [5, 5.41) is 0. The Labute approximate surface area is 57.4 Å². The third-order valence-electron chi connectivity index (χ3n) is 0. The second-order valence-electron chi connectivity index (χ2n) is 0. The van der Waals surface area contributed by atoms with Crippen LogP contribution in [0.15, 0.2) is 26.3 Å². The molecule has 0 fully saturated rings. The van der Waals surface area contributed by atoms with Gasteiger partial charge < -0.3 is 1.43 Å². The zero-order valence-electron chi connectivity index (χ0n) is 4.83. The van der Waals surface area contributed by atoms with E-state index in [0.29, 0.717) is 0 Å². The number of hydrogen-bond acceptors (Lipinski definition) is 0. The average Bonchev–Trinajstić information content (AvgIpc) is 1.50. The minimum Gasteiger partial charge on any atom is -1.00 e. The van der Waals surface area contributed by atoms with Crippen molar-refractivity contribution in [3.05, 3.63) is 26.3 Å². The molecule has 0 nitrogen and oxygen atoms in total. The Bertz CT molecular complexity index is 9.51. The molecule has 0 radical (unpaired) electrons. The van der Waals surface area contributed by atoms with Crippen LogP contribution in [-0.4, -0.2) is 0 Å². The van der Waals surface area contributed by atoms with Gasteiger partial charge in [0.25, 0.3) is 0 Å². The monoisotopic (exact) mass is 80.1 g/mol. The Hall–Kier alpha value is 0.480. The fourth-order valence-corrected chi connectivity index (χ4v) is 0. The fraction of sp³-hybridized carbons (Fsp3) is 0. The van der Waals surface area contributed by atoms with E-state index in [1.807, 2.05) is 0 Å². The van der Waals surface area contributed by atoms with E-state index in [1.54, 1.807) is 0 Å². The molecule has 0 bridgehead atoms. The molecule has 0 atom stereocenters. The zero-order valence-corrected chi connectivity index (χ0v) is 5.83. The van der Waals surface area contributed by atoms with Gasteiger partial charge in [-0.15, -0.1) is 26.3 Å². The second kappa shape index (κ2) is 235. The van der Waals surface area contributed by atoms with Crippen molar-refractivity contribution < 1.29 is 31.0 Å². The van der Waals surface area contributed by atoms with Crippen LogP contribution in [0.5, 0.6) is 0 Å². The standard InChI is InChI=1S/2C2H4.Na.H/c2*1-2;;/h2*1-2H2;;/q;;+1;-1. The summed E-state index contributed by atoms with van der Waals surface area (Å²) in [4.78, 5) is 0. The van der Waals surface area contributed by atoms with Gasteiger partial charge in [0.15, 0.2) is 0 Å². The maximum absolute atomic E-state index is 3.00. The molecule has 0 N–H and O–H groups in total. The van der Waals surface area contributed by atoms with Crippen molar-refractivity contribution >= 4 is 0 Å². The summed E-state index contributed by atoms with van der Waals surface area (Å²) in [6.07, 6.45) is 0. The van der Waals surface area contributed by atoms with Crippen molar-refractivity contribution in [2.75, 3.05) is 0 Å². The predicted octanol–water partition coefficient (Wildman–Crippen LogP) is -1.28. The van der Waals surface area contributed by atoms with Gasteiger partial charge in [-0.2, -0.15) is 0 Å². The van der Waals surface area contributed by atoms with Crippen LogP contribution < -0.4 is 29.6 Å². The first-order chi connectivity index (χ1) is 2.00. The van der Waals surface area contributed by atoms with Crippen LogP contribution in [0.1, 0.15) is 1.43 Å². The second-order valence-corrected chi connectivity index (χ2v) is 0. The summed E-state index contributed by atoms with van der Waals surface area (Å²) in [7, 11) is 0. The SMILES string of the molecule is C=C.C=C.[H-].[Na+]. The molecule has 0 saturated heterocycles. The van der Waals surface area contributed by atoms with E-state index in [2.05, 4.69) is 26.3 Å². The van der Waals surface area contributed by atoms with E-state index in [-0.39, 0.29) is 31.0 Å². The van der Waals surface area contributed by atoms with Gasteiger partial charge in [0.2, 0.25) is 0 Å². The molecule has 0 aromatic heterocycles. The molecule has 5 heavy (non-hydrogen) atoms. The van der Waals surface area contributed by atoms with Crippen LogP contribution in [0.3, 0.4) is 0 Å². The van der Waals surface area contributed by atoms with Crippen molar-refractivity contribution in [1.82, 2.24) is 0 Å². The molecule has 0 rings (SSSR count). The summed E-state index contributed by atoms with van der Waals surface area (Å²) in [6.45, 7) is 12.0. The average molecular weight is 80.1 g/mol. The first-order valence-corrected chi connectivity index (χ1v) is 1.000. The molecular weight excluding hydrogens is 71.0 g/mol. The molecule has 0 aliphatic rings. The quantitative estimate of drug-likeness (QED) is 0.251. The van der Waals surface area contributed by atoms with Crippen LogP contribution in [0.2, 0.25) is 0 Å². The Balaban J connectivity index is -0.00000000500. The topological polar surface area (TPSA) is 0 Å². The van der Waals surface area contributed by atoms with Gasteiger partial charge in [-0.3, -0.25) is 0 Å². The van der Waals surface area contributed by atoms with E-state index >= 15 is 0 Å². The number of rotatable bonds is 0. The molecule has 0 spiro atoms. The van der Waals surface area contributed by atoms with Crippen LogP contribution in [-0.2, 0) is 0 Å². The molecule has 1 heteroatoms. The van der Waals surface area contributed by atoms with Gasteiger partial charge in [-0.05, 0) is 0 Å². The minimum absolute atomic E-state index is 0. The smallest absolute Gasteiger partial charge is 1.00 e. The van der Waals surface area contributed by atoms with E-state index in [0.717, 1.165) is 0 Å². The van der Waals surface area contributed by atoms with E-state index < -0.39 is 0 Å². The fourth-order valence-electron chi connectivity index (χ4n) is 0. The van der Waals surface area contributed by atoms with Crippen molar-refractivity contribution in [2.24, 2.45) is 0 Å². The van der Waals surface area contributed by atoms with Crippen molar-refractivity contribution in [3.8, 4) is 0 Å². The Morgan fingerprint density at radius 1 is 0.800 bits per heavy atom. The summed E-state index contributed by atoms with van der Waals surface area (Å²) in [6, 6.07) is 0. The van der Waals surface area contributed by atoms with Crippen molar-refractivity contribution in [1.29, 1.82) is 0 Å². The van der Waals surface area contributed by atoms with Gasteiger partial charge in [0.1, 0.15) is 0 Å². The predicted molar refractivity (Wildman–Crippen MR) is 23.6 cm³/mol. The van der Waals surface area contributed by atoms with Crippen LogP contribution in [0.25, 0.3) is 0 Å². The minimum atomic E-state index is 0. The maximum atomic E-state index is 3.00. The van der Waals surface area contributed by atoms with Gasteiger partial charge >= 0.3 is 29.6 Å². The zero-order chi connectivity index (χ0) is 4.00. The molecule has 0 heterocycles. The van der Waals surface area contributed by atoms with Crippen molar-refractivity contribution in [3.63, 3.8) is 0 Å². The Morgan fingerprint density at radius 2 is 0.800 bits per heavy atom.